The van der Waals surface area contributed by atoms with Crippen molar-refractivity contribution < 1.29 is 27.5 Å². The molecule has 0 saturated carbocycles. The molecule has 2 aromatic carbocycles. The summed E-state index contributed by atoms with van der Waals surface area (Å²) in [6.07, 6.45) is -2.64. The topological polar surface area (TPSA) is 68.3 Å². The van der Waals surface area contributed by atoms with E-state index in [0.29, 0.717) is 22.6 Å². The molecule has 26 heavy (non-hydrogen) atoms. The summed E-state index contributed by atoms with van der Waals surface area (Å²) in [5.41, 5.74) is 0.888. The van der Waals surface area contributed by atoms with Gasteiger partial charge >= 0.3 is 6.36 Å². The monoisotopic (exact) mass is 360 g/mol. The quantitative estimate of drug-likeness (QED) is 0.708. The fourth-order valence-electron chi connectivity index (χ4n) is 2.38. The third-order valence-electron chi connectivity index (χ3n) is 3.49. The highest BCUT2D eigenvalue weighted by molar-refractivity contribution is 6.11. The lowest BCUT2D eigenvalue weighted by Crippen LogP contribution is -2.17. The smallest absolute Gasteiger partial charge is 0.406 e. The number of fused-ring (bicyclic) bond motifs is 1. The van der Waals surface area contributed by atoms with Crippen LogP contribution in [0.2, 0.25) is 0 Å². The summed E-state index contributed by atoms with van der Waals surface area (Å²) in [5, 5.41) is 3.78. The molecule has 0 spiro atoms. The maximum atomic E-state index is 12.4. The Hall–Kier alpha value is -3.42. The molecule has 0 aliphatic rings. The second-order valence-corrected chi connectivity index (χ2v) is 5.28. The van der Waals surface area contributed by atoms with Crippen molar-refractivity contribution in [3.8, 4) is 5.75 Å². The summed E-state index contributed by atoms with van der Waals surface area (Å²) in [5.74, 6) is -0.917. The summed E-state index contributed by atoms with van der Waals surface area (Å²) in [7, 11) is 0. The lowest BCUT2D eigenvalue weighted by molar-refractivity contribution is -0.274. The first kappa shape index (κ1) is 17.4. The zero-order valence-electron chi connectivity index (χ0n) is 13.1. The normalized spacial score (nSPS) is 11.2. The van der Waals surface area contributed by atoms with Crippen LogP contribution in [0, 0.1) is 0 Å². The van der Waals surface area contributed by atoms with Crippen molar-refractivity contribution in [1.29, 1.82) is 0 Å². The summed E-state index contributed by atoms with van der Waals surface area (Å²) in [6.45, 7) is 0. The number of nitrogens with one attached hydrogen (secondary N) is 1. The average Bonchev–Trinajstić information content (AvgIpc) is 2.61. The van der Waals surface area contributed by atoms with Crippen LogP contribution in [0.5, 0.6) is 5.75 Å². The number of alkyl halides is 3. The number of hydrogen-bond donors (Lipinski definition) is 1. The molecule has 0 radical (unpaired) electrons. The van der Waals surface area contributed by atoms with E-state index in [2.05, 4.69) is 15.0 Å². The first-order valence-electron chi connectivity index (χ1n) is 7.37. The third kappa shape index (κ3) is 3.97. The van der Waals surface area contributed by atoms with E-state index in [-0.39, 0.29) is 17.1 Å². The Morgan fingerprint density at radius 1 is 1.08 bits per heavy atom. The molecule has 1 aromatic heterocycles. The summed E-state index contributed by atoms with van der Waals surface area (Å²) in [6, 6.07) is 11.2. The molecule has 0 aliphatic heterocycles. The van der Waals surface area contributed by atoms with Crippen LogP contribution < -0.4 is 10.1 Å². The van der Waals surface area contributed by atoms with Gasteiger partial charge in [-0.3, -0.25) is 14.6 Å². The van der Waals surface area contributed by atoms with Gasteiger partial charge in [0.2, 0.25) is 0 Å². The van der Waals surface area contributed by atoms with E-state index < -0.39 is 12.3 Å². The second kappa shape index (κ2) is 6.83. The van der Waals surface area contributed by atoms with Crippen LogP contribution in [0.25, 0.3) is 10.8 Å². The predicted molar refractivity (Wildman–Crippen MR) is 88.2 cm³/mol. The van der Waals surface area contributed by atoms with Crippen molar-refractivity contribution in [2.45, 2.75) is 6.36 Å². The standard InChI is InChI=1S/C18H11F3N2O3/c19-18(20,21)26-14-4-2-13(3-5-14)23-17(25)16-15-6-1-11(10-24)9-12(15)7-8-22-16/h1-10H,(H,23,25). The number of aromatic nitrogens is 1. The number of ether oxygens (including phenoxy) is 1. The molecule has 1 amide bonds. The molecule has 5 nitrogen and oxygen atoms in total. The van der Waals surface area contributed by atoms with Gasteiger partial charge < -0.3 is 10.1 Å². The molecule has 1 heterocycles. The number of pyridine rings is 1. The van der Waals surface area contributed by atoms with Crippen molar-refractivity contribution in [3.05, 3.63) is 66.0 Å². The molecule has 0 unspecified atom stereocenters. The Balaban J connectivity index is 1.82. The van der Waals surface area contributed by atoms with Crippen molar-refractivity contribution >= 4 is 28.7 Å². The van der Waals surface area contributed by atoms with Crippen molar-refractivity contribution in [2.75, 3.05) is 5.32 Å². The molecule has 1 N–H and O–H groups in total. The Kier molecular flexibility index (Phi) is 4.57. The molecule has 0 atom stereocenters. The minimum atomic E-state index is -4.78. The van der Waals surface area contributed by atoms with Crippen LogP contribution >= 0.6 is 0 Å². The van der Waals surface area contributed by atoms with Gasteiger partial charge in [0.25, 0.3) is 5.91 Å². The van der Waals surface area contributed by atoms with Gasteiger partial charge in [0, 0.05) is 22.8 Å². The number of amides is 1. The summed E-state index contributed by atoms with van der Waals surface area (Å²) >= 11 is 0. The number of anilines is 1. The molecule has 0 aliphatic carbocycles. The second-order valence-electron chi connectivity index (χ2n) is 5.28. The van der Waals surface area contributed by atoms with Gasteiger partial charge in [0.15, 0.2) is 0 Å². The van der Waals surface area contributed by atoms with Crippen LogP contribution in [0.3, 0.4) is 0 Å². The van der Waals surface area contributed by atoms with Gasteiger partial charge in [-0.15, -0.1) is 13.2 Å². The first-order valence-corrected chi connectivity index (χ1v) is 7.37. The first-order chi connectivity index (χ1) is 12.4. The zero-order chi connectivity index (χ0) is 18.7. The zero-order valence-corrected chi connectivity index (χ0v) is 13.1. The maximum Gasteiger partial charge on any atom is 0.573 e. The molecule has 3 rings (SSSR count). The summed E-state index contributed by atoms with van der Waals surface area (Å²) in [4.78, 5) is 27.3. The highest BCUT2D eigenvalue weighted by atomic mass is 19.4. The Morgan fingerprint density at radius 2 is 1.81 bits per heavy atom. The lowest BCUT2D eigenvalue weighted by Gasteiger charge is -2.10. The van der Waals surface area contributed by atoms with Gasteiger partial charge in [-0.05, 0) is 41.8 Å². The number of aldehydes is 1. The average molecular weight is 360 g/mol. The van der Waals surface area contributed by atoms with Gasteiger partial charge in [0.1, 0.15) is 17.7 Å². The Bertz CT molecular complexity index is 970. The number of nitrogens with zero attached hydrogens (tertiary/aromatic N) is 1. The fraction of sp³-hybridized carbons (Fsp3) is 0.0556. The Labute approximate surface area is 145 Å². The number of benzene rings is 2. The summed E-state index contributed by atoms with van der Waals surface area (Å²) < 4.78 is 40.2. The predicted octanol–water partition coefficient (Wildman–Crippen LogP) is 4.20. The molecular formula is C18H11F3N2O3. The van der Waals surface area contributed by atoms with E-state index in [1.54, 1.807) is 24.3 Å². The van der Waals surface area contributed by atoms with Crippen LogP contribution in [-0.4, -0.2) is 23.5 Å². The molecule has 132 valence electrons. The molecule has 3 aromatic rings. The number of carbonyl (C=O) groups is 2. The highest BCUT2D eigenvalue weighted by Crippen LogP contribution is 2.24. The highest BCUT2D eigenvalue weighted by Gasteiger charge is 2.31. The van der Waals surface area contributed by atoms with Crippen LogP contribution in [0.4, 0.5) is 18.9 Å². The number of hydrogen-bond acceptors (Lipinski definition) is 4. The number of rotatable bonds is 4. The van der Waals surface area contributed by atoms with E-state index >= 15 is 0 Å². The lowest BCUT2D eigenvalue weighted by atomic mass is 10.1. The van der Waals surface area contributed by atoms with Crippen molar-refractivity contribution in [3.63, 3.8) is 0 Å². The minimum absolute atomic E-state index is 0.135. The largest absolute Gasteiger partial charge is 0.573 e. The van der Waals surface area contributed by atoms with Gasteiger partial charge in [-0.2, -0.15) is 0 Å². The minimum Gasteiger partial charge on any atom is -0.406 e. The van der Waals surface area contributed by atoms with Crippen molar-refractivity contribution in [1.82, 2.24) is 4.98 Å². The molecular weight excluding hydrogens is 349 g/mol. The van der Waals surface area contributed by atoms with Gasteiger partial charge in [-0.25, -0.2) is 0 Å². The number of halogens is 3. The van der Waals surface area contributed by atoms with Crippen LogP contribution in [0.1, 0.15) is 20.8 Å². The molecule has 8 heteroatoms. The fourth-order valence-corrected chi connectivity index (χ4v) is 2.38. The number of carbonyl (C=O) groups excluding carboxylic acids is 2. The van der Waals surface area contributed by atoms with E-state index in [0.717, 1.165) is 12.1 Å². The van der Waals surface area contributed by atoms with E-state index in [1.807, 2.05) is 0 Å². The third-order valence-corrected chi connectivity index (χ3v) is 3.49. The maximum absolute atomic E-state index is 12.4. The van der Waals surface area contributed by atoms with E-state index in [4.69, 9.17) is 0 Å². The Morgan fingerprint density at radius 3 is 2.46 bits per heavy atom. The molecule has 0 bridgehead atoms. The molecule has 0 fully saturated rings. The SMILES string of the molecule is O=Cc1ccc2c(C(=O)Nc3ccc(OC(F)(F)F)cc3)nccc2c1. The molecule has 0 saturated heterocycles. The van der Waals surface area contributed by atoms with E-state index in [1.165, 1.54) is 18.3 Å². The van der Waals surface area contributed by atoms with Gasteiger partial charge in [0.05, 0.1) is 0 Å². The van der Waals surface area contributed by atoms with Crippen LogP contribution in [0.15, 0.2) is 54.7 Å². The van der Waals surface area contributed by atoms with Crippen molar-refractivity contribution in [2.24, 2.45) is 0 Å². The van der Waals surface area contributed by atoms with Gasteiger partial charge in [-0.1, -0.05) is 12.1 Å². The van der Waals surface area contributed by atoms with Crippen LogP contribution in [-0.2, 0) is 0 Å². The van der Waals surface area contributed by atoms with E-state index in [9.17, 15) is 22.8 Å².